The lowest BCUT2D eigenvalue weighted by molar-refractivity contribution is -0.129. The van der Waals surface area contributed by atoms with Crippen molar-refractivity contribution in [1.82, 2.24) is 24.9 Å². The van der Waals surface area contributed by atoms with Gasteiger partial charge in [-0.3, -0.25) is 14.5 Å². The monoisotopic (exact) mass is 497 g/mol. The van der Waals surface area contributed by atoms with Crippen molar-refractivity contribution in [1.29, 1.82) is 0 Å². The molecule has 1 aliphatic heterocycles. The number of alkyl halides is 2. The van der Waals surface area contributed by atoms with Crippen molar-refractivity contribution in [3.63, 3.8) is 0 Å². The number of aliphatic hydroxyl groups excluding tert-OH is 1. The molecule has 3 heterocycles. The van der Waals surface area contributed by atoms with E-state index in [4.69, 9.17) is 0 Å². The molecule has 10 heteroatoms. The largest absolute Gasteiger partial charge is 0.390 e. The van der Waals surface area contributed by atoms with Gasteiger partial charge < -0.3 is 20.1 Å². The van der Waals surface area contributed by atoms with Gasteiger partial charge in [0, 0.05) is 57.5 Å². The lowest BCUT2D eigenvalue weighted by atomic mass is 9.81. The third kappa shape index (κ3) is 5.24. The van der Waals surface area contributed by atoms with Crippen LogP contribution in [0.5, 0.6) is 0 Å². The first-order valence-electron chi connectivity index (χ1n) is 12.2. The van der Waals surface area contributed by atoms with Crippen LogP contribution in [-0.2, 0) is 13.0 Å². The Bertz CT molecular complexity index is 1280. The minimum Gasteiger partial charge on any atom is -0.390 e. The van der Waals surface area contributed by atoms with E-state index in [-0.39, 0.29) is 30.8 Å². The Balaban J connectivity index is 1.13. The molecule has 8 nitrogen and oxygen atoms in total. The van der Waals surface area contributed by atoms with E-state index in [9.17, 15) is 23.5 Å². The van der Waals surface area contributed by atoms with Crippen LogP contribution in [-0.4, -0.2) is 69.4 Å². The van der Waals surface area contributed by atoms with Crippen molar-refractivity contribution < 1.29 is 23.5 Å². The third-order valence-corrected chi connectivity index (χ3v) is 7.06. The molecule has 5 rings (SSSR count). The summed E-state index contributed by atoms with van der Waals surface area (Å²) in [6.07, 6.45) is 3.47. The average molecular weight is 498 g/mol. The predicted molar refractivity (Wildman–Crippen MR) is 129 cm³/mol. The maximum absolute atomic E-state index is 13.4. The number of imidazole rings is 1. The molecule has 0 saturated heterocycles. The number of hydrogen-bond donors (Lipinski definition) is 3. The molecule has 3 aromatic rings. The van der Waals surface area contributed by atoms with Crippen molar-refractivity contribution in [3.05, 3.63) is 71.2 Å². The zero-order chi connectivity index (χ0) is 25.3. The summed E-state index contributed by atoms with van der Waals surface area (Å²) in [5, 5.41) is 15.7. The van der Waals surface area contributed by atoms with Gasteiger partial charge in [0.25, 0.3) is 17.7 Å². The van der Waals surface area contributed by atoms with E-state index >= 15 is 0 Å². The molecular weight excluding hydrogens is 468 g/mol. The van der Waals surface area contributed by atoms with Crippen LogP contribution in [0.3, 0.4) is 0 Å². The number of aromatic nitrogens is 2. The van der Waals surface area contributed by atoms with Crippen molar-refractivity contribution in [2.45, 2.75) is 37.8 Å². The number of pyridine rings is 1. The van der Waals surface area contributed by atoms with E-state index in [1.54, 1.807) is 16.5 Å². The van der Waals surface area contributed by atoms with Crippen LogP contribution in [0.2, 0.25) is 0 Å². The summed E-state index contributed by atoms with van der Waals surface area (Å²) >= 11 is 0. The lowest BCUT2D eigenvalue weighted by Gasteiger charge is -2.36. The van der Waals surface area contributed by atoms with E-state index < -0.39 is 29.8 Å². The number of fused-ring (bicyclic) bond motifs is 2. The van der Waals surface area contributed by atoms with E-state index in [1.165, 1.54) is 23.5 Å². The predicted octanol–water partition coefficient (Wildman–Crippen LogP) is 2.26. The molecular formula is C26H29F2N5O3. The summed E-state index contributed by atoms with van der Waals surface area (Å²) in [5.74, 6) is -4.42. The van der Waals surface area contributed by atoms with Crippen LogP contribution in [0.4, 0.5) is 8.78 Å². The van der Waals surface area contributed by atoms with Gasteiger partial charge >= 0.3 is 0 Å². The fourth-order valence-electron chi connectivity index (χ4n) is 4.75. The van der Waals surface area contributed by atoms with Crippen molar-refractivity contribution in [2.75, 3.05) is 26.2 Å². The highest BCUT2D eigenvalue weighted by atomic mass is 19.3. The molecule has 0 radical (unpaired) electrons. The molecule has 36 heavy (non-hydrogen) atoms. The molecule has 1 saturated carbocycles. The summed E-state index contributed by atoms with van der Waals surface area (Å²) in [4.78, 5) is 31.4. The number of nitrogens with zero attached hydrogens (tertiary/aromatic N) is 3. The van der Waals surface area contributed by atoms with E-state index in [1.807, 2.05) is 12.1 Å². The van der Waals surface area contributed by atoms with Crippen molar-refractivity contribution in [2.24, 2.45) is 5.92 Å². The number of nitrogens with one attached hydrogen (secondary N) is 2. The first kappa shape index (κ1) is 24.3. The third-order valence-electron chi connectivity index (χ3n) is 7.06. The van der Waals surface area contributed by atoms with Gasteiger partial charge in [0.05, 0.1) is 11.7 Å². The van der Waals surface area contributed by atoms with Gasteiger partial charge in [-0.2, -0.15) is 0 Å². The summed E-state index contributed by atoms with van der Waals surface area (Å²) in [6, 6.07) is 11.4. The van der Waals surface area contributed by atoms with Gasteiger partial charge in [-0.05, 0) is 36.1 Å². The van der Waals surface area contributed by atoms with Crippen LogP contribution < -0.4 is 10.6 Å². The van der Waals surface area contributed by atoms with Gasteiger partial charge in [-0.15, -0.1) is 0 Å². The SMILES string of the molecule is O=C(NCC1CCC1(F)F)c1ccc2nc(C(=O)NC[C@H](O)CN3CCc4ccccc4C3)cn2c1. The Morgan fingerprint density at radius 2 is 1.92 bits per heavy atom. The molecule has 0 bridgehead atoms. The first-order valence-corrected chi connectivity index (χ1v) is 12.2. The minimum atomic E-state index is -2.71. The number of amides is 2. The second-order valence-electron chi connectivity index (χ2n) is 9.63. The summed E-state index contributed by atoms with van der Waals surface area (Å²) < 4.78 is 28.4. The molecule has 1 unspecified atom stereocenters. The normalized spacial score (nSPS) is 19.8. The summed E-state index contributed by atoms with van der Waals surface area (Å²) in [5.41, 5.74) is 3.51. The van der Waals surface area contributed by atoms with Gasteiger partial charge in [0.15, 0.2) is 0 Å². The average Bonchev–Trinajstić information content (AvgIpc) is 3.30. The molecule has 2 amide bonds. The van der Waals surface area contributed by atoms with Crippen LogP contribution in [0.15, 0.2) is 48.8 Å². The van der Waals surface area contributed by atoms with Gasteiger partial charge in [0.2, 0.25) is 0 Å². The Morgan fingerprint density at radius 1 is 1.11 bits per heavy atom. The number of carbonyl (C=O) groups is 2. The van der Waals surface area contributed by atoms with Crippen LogP contribution in [0.25, 0.3) is 5.65 Å². The first-order chi connectivity index (χ1) is 17.3. The standard InChI is InChI=1S/C26H29F2N5O3/c27-26(28)9-7-20(26)11-29-24(35)19-5-6-23-31-22(16-33(23)14-19)25(36)30-12-21(34)15-32-10-8-17-3-1-2-4-18(17)13-32/h1-6,14,16,20-21,34H,7-13,15H2,(H,29,35)(H,30,36)/t20?,21-/m0/s1. The van der Waals surface area contributed by atoms with E-state index in [0.717, 1.165) is 19.5 Å². The van der Waals surface area contributed by atoms with Crippen molar-refractivity contribution >= 4 is 17.5 Å². The fourth-order valence-corrected chi connectivity index (χ4v) is 4.75. The van der Waals surface area contributed by atoms with E-state index in [2.05, 4.69) is 32.7 Å². The number of halogens is 2. The Hall–Kier alpha value is -3.37. The molecule has 2 atom stereocenters. The quantitative estimate of drug-likeness (QED) is 0.444. The van der Waals surface area contributed by atoms with Crippen LogP contribution in [0, 0.1) is 5.92 Å². The molecule has 2 aromatic heterocycles. The molecule has 1 fully saturated rings. The fraction of sp³-hybridized carbons (Fsp3) is 0.423. The molecule has 1 aliphatic carbocycles. The lowest BCUT2D eigenvalue weighted by Crippen LogP contribution is -2.45. The highest BCUT2D eigenvalue weighted by molar-refractivity contribution is 5.95. The Labute approximate surface area is 207 Å². The number of rotatable bonds is 8. The zero-order valence-corrected chi connectivity index (χ0v) is 19.8. The molecule has 190 valence electrons. The van der Waals surface area contributed by atoms with Crippen molar-refractivity contribution in [3.8, 4) is 0 Å². The highest BCUT2D eigenvalue weighted by Gasteiger charge is 2.47. The second kappa shape index (κ2) is 9.94. The van der Waals surface area contributed by atoms with E-state index in [0.29, 0.717) is 18.6 Å². The molecule has 2 aliphatic rings. The Kier molecular flexibility index (Phi) is 6.72. The highest BCUT2D eigenvalue weighted by Crippen LogP contribution is 2.42. The number of benzene rings is 1. The zero-order valence-electron chi connectivity index (χ0n) is 19.8. The van der Waals surface area contributed by atoms with Gasteiger partial charge in [-0.1, -0.05) is 24.3 Å². The summed E-state index contributed by atoms with van der Waals surface area (Å²) in [7, 11) is 0. The van der Waals surface area contributed by atoms with Crippen LogP contribution in [0.1, 0.15) is 44.8 Å². The van der Waals surface area contributed by atoms with Crippen LogP contribution >= 0.6 is 0 Å². The molecule has 0 spiro atoms. The van der Waals surface area contributed by atoms with Gasteiger partial charge in [0.1, 0.15) is 11.3 Å². The number of aliphatic hydroxyl groups is 1. The number of β-amino-alcohol motifs (C(OH)–C–C–N with tert-alkyl or cyclic N) is 1. The number of hydrogen-bond acceptors (Lipinski definition) is 5. The Morgan fingerprint density at radius 3 is 2.67 bits per heavy atom. The smallest absolute Gasteiger partial charge is 0.271 e. The maximum atomic E-state index is 13.4. The van der Waals surface area contributed by atoms with Gasteiger partial charge in [-0.25, -0.2) is 13.8 Å². The second-order valence-corrected chi connectivity index (χ2v) is 9.63. The molecule has 3 N–H and O–H groups in total. The topological polar surface area (TPSA) is 99.0 Å². The minimum absolute atomic E-state index is 0.0757. The molecule has 1 aromatic carbocycles. The number of carbonyl (C=O) groups excluding carboxylic acids is 2. The maximum Gasteiger partial charge on any atom is 0.271 e. The summed E-state index contributed by atoms with van der Waals surface area (Å²) in [6.45, 7) is 2.09.